The van der Waals surface area contributed by atoms with Crippen molar-refractivity contribution in [3.63, 3.8) is 0 Å². The van der Waals surface area contributed by atoms with Crippen LogP contribution >= 0.6 is 0 Å². The van der Waals surface area contributed by atoms with Crippen LogP contribution in [0.1, 0.15) is 21.9 Å². The molecule has 0 saturated carbocycles. The molecule has 0 unspecified atom stereocenters. The highest BCUT2D eigenvalue weighted by Crippen LogP contribution is 2.35. The molecule has 1 aromatic carbocycles. The summed E-state index contributed by atoms with van der Waals surface area (Å²) in [6.07, 6.45) is 1.55. The van der Waals surface area contributed by atoms with Crippen LogP contribution in [0.3, 0.4) is 0 Å². The standard InChI is InChI=1S/C17H14O6/c1-10-3-4-12(22-10)8-15-17(19)13-6-5-11(7-14(13)23-15)21-9-16(18)20-2/h3-8H,9H2,1-2H3. The summed E-state index contributed by atoms with van der Waals surface area (Å²) < 4.78 is 20.7. The molecule has 0 amide bonds. The van der Waals surface area contributed by atoms with E-state index in [1.165, 1.54) is 7.11 Å². The van der Waals surface area contributed by atoms with Crippen molar-refractivity contribution in [3.8, 4) is 11.5 Å². The van der Waals surface area contributed by atoms with Crippen molar-refractivity contribution >= 4 is 17.8 Å². The highest BCUT2D eigenvalue weighted by Gasteiger charge is 2.28. The van der Waals surface area contributed by atoms with Gasteiger partial charge in [-0.1, -0.05) is 0 Å². The van der Waals surface area contributed by atoms with Crippen LogP contribution in [0.15, 0.2) is 40.5 Å². The van der Waals surface area contributed by atoms with Crippen LogP contribution < -0.4 is 9.47 Å². The molecule has 1 aliphatic heterocycles. The average molecular weight is 314 g/mol. The Bertz CT molecular complexity index is 799. The van der Waals surface area contributed by atoms with E-state index in [1.807, 2.05) is 6.92 Å². The summed E-state index contributed by atoms with van der Waals surface area (Å²) in [5.74, 6) is 1.55. The summed E-state index contributed by atoms with van der Waals surface area (Å²) >= 11 is 0. The number of furan rings is 1. The zero-order valence-corrected chi connectivity index (χ0v) is 12.6. The number of fused-ring (bicyclic) bond motifs is 1. The molecule has 118 valence electrons. The number of aryl methyl sites for hydroxylation is 1. The molecule has 23 heavy (non-hydrogen) atoms. The van der Waals surface area contributed by atoms with E-state index in [0.717, 1.165) is 5.76 Å². The van der Waals surface area contributed by atoms with Gasteiger partial charge in [-0.25, -0.2) is 4.79 Å². The van der Waals surface area contributed by atoms with E-state index in [1.54, 1.807) is 36.4 Å². The van der Waals surface area contributed by atoms with E-state index < -0.39 is 5.97 Å². The van der Waals surface area contributed by atoms with E-state index in [2.05, 4.69) is 4.74 Å². The summed E-state index contributed by atoms with van der Waals surface area (Å²) in [6.45, 7) is 1.61. The van der Waals surface area contributed by atoms with Gasteiger partial charge in [-0.2, -0.15) is 0 Å². The Morgan fingerprint density at radius 3 is 2.78 bits per heavy atom. The summed E-state index contributed by atoms with van der Waals surface area (Å²) in [5, 5.41) is 0. The summed E-state index contributed by atoms with van der Waals surface area (Å²) in [4.78, 5) is 23.4. The van der Waals surface area contributed by atoms with Crippen LogP contribution in [0.2, 0.25) is 0 Å². The number of benzene rings is 1. The Morgan fingerprint density at radius 1 is 1.26 bits per heavy atom. The first-order chi connectivity index (χ1) is 11.1. The van der Waals surface area contributed by atoms with Gasteiger partial charge in [0.2, 0.25) is 5.78 Å². The van der Waals surface area contributed by atoms with Gasteiger partial charge in [-0.15, -0.1) is 0 Å². The van der Waals surface area contributed by atoms with Gasteiger partial charge < -0.3 is 18.6 Å². The number of carbonyl (C=O) groups excluding carboxylic acids is 2. The number of carbonyl (C=O) groups is 2. The quantitative estimate of drug-likeness (QED) is 0.638. The maximum absolute atomic E-state index is 12.3. The number of Topliss-reactive ketones (excluding diaryl/α,β-unsaturated/α-hetero) is 1. The zero-order valence-electron chi connectivity index (χ0n) is 12.6. The fourth-order valence-corrected chi connectivity index (χ4v) is 2.12. The first kappa shape index (κ1) is 14.9. The van der Waals surface area contributed by atoms with Crippen molar-refractivity contribution in [2.45, 2.75) is 6.92 Å². The van der Waals surface area contributed by atoms with Crippen molar-refractivity contribution in [3.05, 3.63) is 53.2 Å². The topological polar surface area (TPSA) is 75.0 Å². The molecule has 1 aromatic heterocycles. The molecule has 0 atom stereocenters. The molecule has 2 heterocycles. The number of hydrogen-bond acceptors (Lipinski definition) is 6. The van der Waals surface area contributed by atoms with Crippen molar-refractivity contribution in [2.24, 2.45) is 0 Å². The Labute approximate surface area is 132 Å². The van der Waals surface area contributed by atoms with Crippen LogP contribution in [-0.4, -0.2) is 25.5 Å². The highest BCUT2D eigenvalue weighted by molar-refractivity contribution is 6.14. The van der Waals surface area contributed by atoms with E-state index >= 15 is 0 Å². The highest BCUT2D eigenvalue weighted by atomic mass is 16.6. The third kappa shape index (κ3) is 3.11. The molecule has 2 aromatic rings. The zero-order chi connectivity index (χ0) is 16.4. The smallest absolute Gasteiger partial charge is 0.343 e. The van der Waals surface area contributed by atoms with Gasteiger partial charge in [0.05, 0.1) is 12.7 Å². The minimum Gasteiger partial charge on any atom is -0.482 e. The van der Waals surface area contributed by atoms with Crippen LogP contribution in [-0.2, 0) is 9.53 Å². The normalized spacial score (nSPS) is 14.5. The molecule has 6 nitrogen and oxygen atoms in total. The lowest BCUT2D eigenvalue weighted by atomic mass is 10.1. The number of ketones is 1. The van der Waals surface area contributed by atoms with Crippen LogP contribution in [0.4, 0.5) is 0 Å². The third-order valence-electron chi connectivity index (χ3n) is 3.26. The van der Waals surface area contributed by atoms with Gasteiger partial charge in [0.15, 0.2) is 12.4 Å². The molecular formula is C17H14O6. The molecule has 0 radical (unpaired) electrons. The summed E-state index contributed by atoms with van der Waals surface area (Å²) in [7, 11) is 1.28. The molecule has 0 N–H and O–H groups in total. The average Bonchev–Trinajstić information content (AvgIpc) is 3.09. The number of methoxy groups -OCH3 is 1. The van der Waals surface area contributed by atoms with E-state index in [9.17, 15) is 9.59 Å². The molecule has 0 bridgehead atoms. The lowest BCUT2D eigenvalue weighted by Crippen LogP contribution is -2.12. The first-order valence-electron chi connectivity index (χ1n) is 6.91. The molecule has 0 saturated heterocycles. The molecule has 3 rings (SSSR count). The van der Waals surface area contributed by atoms with Gasteiger partial charge in [0.1, 0.15) is 23.0 Å². The van der Waals surface area contributed by atoms with Gasteiger partial charge in [0, 0.05) is 12.1 Å². The molecule has 0 spiro atoms. The van der Waals surface area contributed by atoms with Crippen molar-refractivity contribution in [1.82, 2.24) is 0 Å². The second kappa shape index (κ2) is 6.00. The first-order valence-corrected chi connectivity index (χ1v) is 6.91. The molecule has 0 fully saturated rings. The molecule has 6 heteroatoms. The Hall–Kier alpha value is -3.02. The van der Waals surface area contributed by atoms with Crippen molar-refractivity contribution in [1.29, 1.82) is 0 Å². The summed E-state index contributed by atoms with van der Waals surface area (Å²) in [5.41, 5.74) is 0.435. The number of esters is 1. The van der Waals surface area contributed by atoms with Gasteiger partial charge in [-0.05, 0) is 31.2 Å². The van der Waals surface area contributed by atoms with Crippen LogP contribution in [0, 0.1) is 6.92 Å². The van der Waals surface area contributed by atoms with Crippen molar-refractivity contribution < 1.29 is 28.2 Å². The number of hydrogen-bond donors (Lipinski definition) is 0. The largest absolute Gasteiger partial charge is 0.482 e. The van der Waals surface area contributed by atoms with E-state index in [4.69, 9.17) is 13.9 Å². The number of allylic oxidation sites excluding steroid dienone is 1. The minimum absolute atomic E-state index is 0.180. The van der Waals surface area contributed by atoms with Gasteiger partial charge in [0.25, 0.3) is 0 Å². The SMILES string of the molecule is COC(=O)COc1ccc2c(c1)OC(=Cc1ccc(C)o1)C2=O. The Balaban J connectivity index is 1.79. The second-order valence-electron chi connectivity index (χ2n) is 4.91. The fourth-order valence-electron chi connectivity index (χ4n) is 2.12. The third-order valence-corrected chi connectivity index (χ3v) is 3.26. The Morgan fingerprint density at radius 2 is 2.09 bits per heavy atom. The lowest BCUT2D eigenvalue weighted by Gasteiger charge is -2.05. The number of rotatable bonds is 4. The second-order valence-corrected chi connectivity index (χ2v) is 4.91. The van der Waals surface area contributed by atoms with Crippen molar-refractivity contribution in [2.75, 3.05) is 13.7 Å². The minimum atomic E-state index is -0.490. The van der Waals surface area contributed by atoms with Crippen LogP contribution in [0.25, 0.3) is 6.08 Å². The van der Waals surface area contributed by atoms with Gasteiger partial charge >= 0.3 is 5.97 Å². The predicted octanol–water partition coefficient (Wildman–Crippen LogP) is 2.76. The van der Waals surface area contributed by atoms with E-state index in [0.29, 0.717) is 22.8 Å². The van der Waals surface area contributed by atoms with Gasteiger partial charge in [-0.3, -0.25) is 4.79 Å². The lowest BCUT2D eigenvalue weighted by molar-refractivity contribution is -0.142. The van der Waals surface area contributed by atoms with E-state index in [-0.39, 0.29) is 18.1 Å². The molecular weight excluding hydrogens is 300 g/mol. The number of ether oxygens (including phenoxy) is 3. The molecule has 1 aliphatic rings. The maximum atomic E-state index is 12.3. The summed E-state index contributed by atoms with van der Waals surface area (Å²) in [6, 6.07) is 8.32. The fraction of sp³-hybridized carbons (Fsp3) is 0.176. The Kier molecular flexibility index (Phi) is 3.89. The molecule has 0 aliphatic carbocycles. The van der Waals surface area contributed by atoms with Crippen LogP contribution in [0.5, 0.6) is 11.5 Å². The maximum Gasteiger partial charge on any atom is 0.343 e. The monoisotopic (exact) mass is 314 g/mol. The predicted molar refractivity (Wildman–Crippen MR) is 80.3 cm³/mol.